The van der Waals surface area contributed by atoms with E-state index < -0.39 is 9.14 Å². The molecule has 0 unspecified atom stereocenters. The summed E-state index contributed by atoms with van der Waals surface area (Å²) in [6.07, 6.45) is 0. The van der Waals surface area contributed by atoms with E-state index in [1.807, 2.05) is 30.3 Å². The number of aryl methyl sites for hydroxylation is 1. The summed E-state index contributed by atoms with van der Waals surface area (Å²) in [5.41, 5.74) is 5.63. The van der Waals surface area contributed by atoms with Crippen LogP contribution in [0.5, 0.6) is 0 Å². The van der Waals surface area contributed by atoms with Crippen molar-refractivity contribution in [3.05, 3.63) is 96.1 Å². The molecule has 1 aromatic heterocycles. The van der Waals surface area contributed by atoms with E-state index in [1.54, 1.807) is 4.57 Å². The summed E-state index contributed by atoms with van der Waals surface area (Å²) in [7, 11) is 25.0. The summed E-state index contributed by atoms with van der Waals surface area (Å²) in [6, 6.07) is 28.6. The molecule has 0 spiro atoms. The molecule has 184 valence electrons. The molecule has 0 bridgehead atoms. The van der Waals surface area contributed by atoms with Crippen LogP contribution in [0.2, 0.25) is 0 Å². The van der Waals surface area contributed by atoms with Crippen LogP contribution in [0.4, 0.5) is 0 Å². The van der Waals surface area contributed by atoms with Gasteiger partial charge >= 0.3 is 73.8 Å². The number of carbonyl (C=O) groups is 1. The van der Waals surface area contributed by atoms with Crippen LogP contribution in [-0.4, -0.2) is 20.0 Å². The van der Waals surface area contributed by atoms with E-state index in [1.165, 1.54) is 5.39 Å². The monoisotopic (exact) mass is 704 g/mol. The summed E-state index contributed by atoms with van der Waals surface area (Å²) in [5, 5.41) is 3.33. The zero-order valence-electron chi connectivity index (χ0n) is 18.6. The Kier molecular flexibility index (Phi) is 6.30. The fourth-order valence-corrected chi connectivity index (χ4v) is 4.37. The number of hydrogen-bond donors (Lipinski definition) is 0. The van der Waals surface area contributed by atoms with Crippen molar-refractivity contribution in [3.8, 4) is 22.6 Å². The Balaban J connectivity index is 0.000000338. The minimum absolute atomic E-state index is 0.0126. The third-order valence-electron chi connectivity index (χ3n) is 5.72. The second kappa shape index (κ2) is 8.61. The van der Waals surface area contributed by atoms with Crippen molar-refractivity contribution >= 4 is 89.7 Å². The van der Waals surface area contributed by atoms with E-state index in [0.29, 0.717) is 11.4 Å². The van der Waals surface area contributed by atoms with Gasteiger partial charge < -0.3 is 0 Å². The first-order chi connectivity index (χ1) is 16.7. The first kappa shape index (κ1) is 26.3. The van der Waals surface area contributed by atoms with E-state index >= 15 is 0 Å². The summed E-state index contributed by atoms with van der Waals surface area (Å²) < 4.78 is 1.76. The number of aromatic nitrogens is 2. The van der Waals surface area contributed by atoms with Gasteiger partial charge in [0.25, 0.3) is 0 Å². The van der Waals surface area contributed by atoms with Gasteiger partial charge in [-0.25, -0.2) is 4.79 Å². The van der Waals surface area contributed by atoms with Gasteiger partial charge in [0.1, 0.15) is 5.52 Å². The van der Waals surface area contributed by atoms with Gasteiger partial charge in [-0.3, -0.25) is 0 Å². The molecule has 1 aliphatic rings. The third kappa shape index (κ3) is 5.74. The average molecular weight is 708 g/mol. The van der Waals surface area contributed by atoms with Crippen LogP contribution in [0.25, 0.3) is 44.3 Å². The Hall–Kier alpha value is -1.29. The van der Waals surface area contributed by atoms with Gasteiger partial charge in [0.2, 0.25) is 0 Å². The number of hydrogen-bond acceptors (Lipinski definition) is 2. The van der Waals surface area contributed by atoms with E-state index in [2.05, 4.69) is 61.5 Å². The number of carbonyl (C=O) groups excluding carboxylic acids is 1. The molecule has 0 aliphatic carbocycles. The van der Waals surface area contributed by atoms with Gasteiger partial charge in [0.15, 0.2) is 5.69 Å². The Bertz CT molecular complexity index is 1700. The normalized spacial score (nSPS) is 14.5. The molecule has 1 aliphatic heterocycles. The van der Waals surface area contributed by atoms with E-state index in [0.717, 1.165) is 38.7 Å². The van der Waals surface area contributed by atoms with Crippen molar-refractivity contribution in [3.63, 3.8) is 0 Å². The van der Waals surface area contributed by atoms with Crippen molar-refractivity contribution in [1.82, 2.24) is 4.98 Å². The van der Waals surface area contributed by atoms with Gasteiger partial charge in [-0.15, -0.1) is 0 Å². The second-order valence-electron chi connectivity index (χ2n) is 8.48. The Labute approximate surface area is 227 Å². The van der Waals surface area contributed by atoms with Crippen LogP contribution < -0.4 is 4.57 Å². The summed E-state index contributed by atoms with van der Waals surface area (Å²) in [6.45, 7) is 2.07. The standard InChI is InChI=1S/C26H17N2O.6ClH.Sb/c1-16-13-14-23-22(15-16)24(19-12-6-8-17-7-2-3-9-18(17)19)27-25-20-10-4-5-11-21(20)26(29)28(23)25;;;;;;;/h2-15H,1H3;6*1H;/q+1;;;;;;;+5/p-6. The quantitative estimate of drug-likeness (QED) is 0.126. The molecule has 2 heterocycles. The number of nitrogens with zero attached hydrogens (tertiary/aromatic N) is 2. The molecule has 10 heteroatoms. The molecular formula is C26H17Cl6N2OSb. The molecule has 0 fully saturated rings. The van der Waals surface area contributed by atoms with Crippen LogP contribution in [0.15, 0.2) is 84.9 Å². The van der Waals surface area contributed by atoms with Crippen LogP contribution in [0.3, 0.4) is 0 Å². The van der Waals surface area contributed by atoms with Gasteiger partial charge in [-0.05, 0) is 53.0 Å². The molecule has 0 atom stereocenters. The molecular weight excluding hydrogens is 691 g/mol. The fourth-order valence-electron chi connectivity index (χ4n) is 4.37. The first-order valence-corrected chi connectivity index (χ1v) is 30.1. The predicted molar refractivity (Wildman–Crippen MR) is 156 cm³/mol. The Morgan fingerprint density at radius 1 is 0.694 bits per heavy atom. The van der Waals surface area contributed by atoms with Crippen molar-refractivity contribution in [1.29, 1.82) is 0 Å². The molecule has 0 radical (unpaired) electrons. The van der Waals surface area contributed by atoms with E-state index in [4.69, 9.17) is 58.0 Å². The molecule has 0 amide bonds. The second-order valence-corrected chi connectivity index (χ2v) is 65.4. The maximum absolute atomic E-state index is 13.2. The molecule has 0 saturated carbocycles. The van der Waals surface area contributed by atoms with Crippen LogP contribution in [0, 0.1) is 6.92 Å². The minimum atomic E-state index is -5.42. The first-order valence-electron chi connectivity index (χ1n) is 10.7. The number of fused-ring (bicyclic) bond motifs is 6. The van der Waals surface area contributed by atoms with Crippen molar-refractivity contribution in [2.45, 2.75) is 6.92 Å². The summed E-state index contributed by atoms with van der Waals surface area (Å²) in [4.78, 5) is 18.2. The molecule has 0 N–H and O–H groups in total. The Morgan fingerprint density at radius 2 is 1.28 bits per heavy atom. The number of halogens is 6. The Morgan fingerprint density at radius 3 is 2.00 bits per heavy atom. The molecule has 6 rings (SSSR count). The molecule has 5 aromatic rings. The average Bonchev–Trinajstić information content (AvgIpc) is 3.08. The van der Waals surface area contributed by atoms with Crippen molar-refractivity contribution < 1.29 is 9.36 Å². The van der Waals surface area contributed by atoms with Gasteiger partial charge in [-0.1, -0.05) is 60.2 Å². The van der Waals surface area contributed by atoms with Crippen LogP contribution in [-0.2, 0) is 0 Å². The molecule has 3 nitrogen and oxygen atoms in total. The summed E-state index contributed by atoms with van der Waals surface area (Å²) in [5.74, 6) is 0.700. The number of rotatable bonds is 1. The van der Waals surface area contributed by atoms with Crippen LogP contribution >= 0.6 is 53.0 Å². The maximum atomic E-state index is 13.2. The zero-order chi connectivity index (χ0) is 25.9. The van der Waals surface area contributed by atoms with Gasteiger partial charge in [0.05, 0.1) is 16.5 Å². The topological polar surface area (TPSA) is 33.8 Å². The SMILES string of the molecule is Cc1ccc2c(c1)c(-c1cccc3ccccc13)nc1[n+]2C(=O)c2ccccc2-1.[Cl][Sb-]([Cl])([Cl])([Cl])([Cl])[Cl]. The van der Waals surface area contributed by atoms with E-state index in [9.17, 15) is 4.79 Å². The zero-order valence-corrected chi connectivity index (χ0v) is 25.7. The van der Waals surface area contributed by atoms with Gasteiger partial charge in [-0.2, -0.15) is 4.57 Å². The van der Waals surface area contributed by atoms with Crippen LogP contribution in [0.1, 0.15) is 15.9 Å². The number of benzene rings is 4. The molecule has 0 saturated heterocycles. The predicted octanol–water partition coefficient (Wildman–Crippen LogP) is 9.08. The third-order valence-corrected chi connectivity index (χ3v) is 5.72. The summed E-state index contributed by atoms with van der Waals surface area (Å²) >= 11 is 0. The van der Waals surface area contributed by atoms with Gasteiger partial charge in [0, 0.05) is 5.56 Å². The van der Waals surface area contributed by atoms with Crippen molar-refractivity contribution in [2.75, 3.05) is 0 Å². The fraction of sp³-hybridized carbons (Fsp3) is 0.0385. The molecule has 36 heavy (non-hydrogen) atoms. The molecule has 4 aromatic carbocycles. The van der Waals surface area contributed by atoms with E-state index in [-0.39, 0.29) is 5.91 Å². The van der Waals surface area contributed by atoms with Crippen molar-refractivity contribution in [2.24, 2.45) is 0 Å².